The van der Waals surface area contributed by atoms with E-state index < -0.39 is 5.60 Å². The van der Waals surface area contributed by atoms with Gasteiger partial charge in [0.25, 0.3) is 0 Å². The van der Waals surface area contributed by atoms with Gasteiger partial charge in [-0.2, -0.15) is 0 Å². The largest absolute Gasteiger partial charge is 0.386 e. The summed E-state index contributed by atoms with van der Waals surface area (Å²) in [4.78, 5) is 16.4. The molecule has 100 valence electrons. The summed E-state index contributed by atoms with van der Waals surface area (Å²) in [5.74, 6) is 0. The van der Waals surface area contributed by atoms with Gasteiger partial charge in [-0.1, -0.05) is 0 Å². The maximum atomic E-state index is 11.1. The first-order valence-electron chi connectivity index (χ1n) is 5.77. The van der Waals surface area contributed by atoms with Gasteiger partial charge >= 0.3 is 0 Å². The van der Waals surface area contributed by atoms with E-state index in [1.165, 1.54) is 11.3 Å². The molecule has 1 N–H and O–H groups in total. The molecule has 0 amide bonds. The summed E-state index contributed by atoms with van der Waals surface area (Å²) in [6, 6.07) is 3.57. The Morgan fingerprint density at radius 1 is 1.42 bits per heavy atom. The van der Waals surface area contributed by atoms with Crippen LogP contribution in [-0.2, 0) is 5.60 Å². The molecule has 2 aromatic rings. The Bertz CT molecular complexity index is 586. The van der Waals surface area contributed by atoms with E-state index in [0.29, 0.717) is 5.56 Å². The molecule has 19 heavy (non-hydrogen) atoms. The first-order chi connectivity index (χ1) is 8.97. The molecule has 1 aromatic carbocycles. The summed E-state index contributed by atoms with van der Waals surface area (Å²) in [5, 5.41) is 13.1. The molecule has 0 radical (unpaired) electrons. The van der Waals surface area contributed by atoms with Gasteiger partial charge in [-0.15, -0.1) is 23.1 Å². The molecule has 0 saturated heterocycles. The third-order valence-corrected chi connectivity index (χ3v) is 4.43. The van der Waals surface area contributed by atoms with Crippen LogP contribution in [0.4, 0.5) is 0 Å². The highest BCUT2D eigenvalue weighted by Crippen LogP contribution is 2.39. The van der Waals surface area contributed by atoms with Crippen molar-refractivity contribution in [1.82, 2.24) is 4.98 Å². The van der Waals surface area contributed by atoms with Gasteiger partial charge in [0.1, 0.15) is 11.3 Å². The lowest BCUT2D eigenvalue weighted by atomic mass is 9.94. The zero-order valence-electron chi connectivity index (χ0n) is 11.0. The molecule has 0 unspecified atom stereocenters. The van der Waals surface area contributed by atoms with Crippen LogP contribution >= 0.6 is 23.1 Å². The highest BCUT2D eigenvalue weighted by Gasteiger charge is 2.24. The van der Waals surface area contributed by atoms with Gasteiger partial charge in [0.15, 0.2) is 0 Å². The van der Waals surface area contributed by atoms with Crippen molar-refractivity contribution in [3.63, 3.8) is 0 Å². The van der Waals surface area contributed by atoms with Crippen molar-refractivity contribution < 1.29 is 9.90 Å². The van der Waals surface area contributed by atoms with Gasteiger partial charge in [-0.3, -0.25) is 4.79 Å². The highest BCUT2D eigenvalue weighted by atomic mass is 32.2. The van der Waals surface area contributed by atoms with Crippen LogP contribution < -0.4 is 0 Å². The molecule has 0 aliphatic rings. The molecule has 0 spiro atoms. The normalized spacial score (nSPS) is 11.6. The molecule has 3 nitrogen and oxygen atoms in total. The predicted octanol–water partition coefficient (Wildman–Crippen LogP) is 3.57. The zero-order chi connectivity index (χ0) is 14.0. The Morgan fingerprint density at radius 2 is 2.16 bits per heavy atom. The molecular weight excluding hydrogens is 278 g/mol. The molecule has 1 heterocycles. The lowest BCUT2D eigenvalue weighted by Crippen LogP contribution is -2.17. The summed E-state index contributed by atoms with van der Waals surface area (Å²) in [7, 11) is 0. The summed E-state index contributed by atoms with van der Waals surface area (Å²) in [5.41, 5.74) is 1.22. The van der Waals surface area contributed by atoms with Crippen LogP contribution in [0.2, 0.25) is 0 Å². The van der Waals surface area contributed by atoms with Crippen LogP contribution in [0.25, 0.3) is 10.6 Å². The Balaban J connectivity index is 2.75. The van der Waals surface area contributed by atoms with Crippen molar-refractivity contribution in [2.45, 2.75) is 24.3 Å². The van der Waals surface area contributed by atoms with Gasteiger partial charge in [-0.25, -0.2) is 4.98 Å². The number of benzene rings is 1. The first kappa shape index (κ1) is 14.2. The fourth-order valence-corrected chi connectivity index (χ4v) is 3.54. The van der Waals surface area contributed by atoms with Crippen molar-refractivity contribution in [3.05, 3.63) is 34.8 Å². The molecular formula is C14H15NO2S2. The van der Waals surface area contributed by atoms with Crippen LogP contribution in [0.15, 0.2) is 28.6 Å². The van der Waals surface area contributed by atoms with Crippen LogP contribution in [0, 0.1) is 0 Å². The number of aldehydes is 1. The van der Waals surface area contributed by atoms with E-state index in [-0.39, 0.29) is 0 Å². The maximum absolute atomic E-state index is 11.1. The number of nitrogens with zero attached hydrogens (tertiary/aromatic N) is 1. The molecule has 1 aromatic heterocycles. The number of thioether (sulfide) groups is 1. The molecule has 5 heteroatoms. The number of rotatable bonds is 4. The lowest BCUT2D eigenvalue weighted by molar-refractivity contribution is 0.0758. The fourth-order valence-electron chi connectivity index (χ4n) is 1.91. The van der Waals surface area contributed by atoms with Crippen molar-refractivity contribution >= 4 is 29.4 Å². The number of carbonyl (C=O) groups excluding carboxylic acids is 1. The van der Waals surface area contributed by atoms with Crippen molar-refractivity contribution in [2.24, 2.45) is 0 Å². The van der Waals surface area contributed by atoms with Gasteiger partial charge in [-0.05, 0) is 37.8 Å². The Kier molecular flexibility index (Phi) is 4.08. The number of carbonyl (C=O) groups is 1. The summed E-state index contributed by atoms with van der Waals surface area (Å²) < 4.78 is 0. The van der Waals surface area contributed by atoms with Crippen molar-refractivity contribution in [1.29, 1.82) is 0 Å². The average molecular weight is 293 g/mol. The second-order valence-corrected chi connectivity index (χ2v) is 6.37. The maximum Gasteiger partial charge on any atom is 0.150 e. The summed E-state index contributed by atoms with van der Waals surface area (Å²) in [6.07, 6.45) is 4.50. The SMILES string of the molecule is CSc1c(-c2nccs2)cc(C=O)cc1C(C)(C)O. The second-order valence-electron chi connectivity index (χ2n) is 4.66. The molecule has 0 aliphatic carbocycles. The van der Waals surface area contributed by atoms with Crippen LogP contribution in [0.5, 0.6) is 0 Å². The number of aliphatic hydroxyl groups is 1. The number of hydrogen-bond donors (Lipinski definition) is 1. The van der Waals surface area contributed by atoms with E-state index in [0.717, 1.165) is 27.3 Å². The summed E-state index contributed by atoms with van der Waals surface area (Å²) in [6.45, 7) is 3.45. The first-order valence-corrected chi connectivity index (χ1v) is 7.87. The predicted molar refractivity (Wildman–Crippen MR) is 80.0 cm³/mol. The van der Waals surface area contributed by atoms with E-state index >= 15 is 0 Å². The van der Waals surface area contributed by atoms with E-state index in [1.54, 1.807) is 37.9 Å². The van der Waals surface area contributed by atoms with Gasteiger partial charge in [0.05, 0.1) is 5.60 Å². The lowest BCUT2D eigenvalue weighted by Gasteiger charge is -2.23. The topological polar surface area (TPSA) is 50.2 Å². The minimum absolute atomic E-state index is 0.556. The number of aromatic nitrogens is 1. The van der Waals surface area contributed by atoms with Crippen LogP contribution in [-0.4, -0.2) is 22.6 Å². The Morgan fingerprint density at radius 3 is 2.63 bits per heavy atom. The standard InChI is InChI=1S/C14H15NO2S2/c1-14(2,17)11-7-9(8-16)6-10(12(11)18-3)13-15-4-5-19-13/h4-8,17H,1-3H3. The minimum atomic E-state index is -0.997. The van der Waals surface area contributed by atoms with E-state index in [2.05, 4.69) is 4.98 Å². The second kappa shape index (κ2) is 5.45. The minimum Gasteiger partial charge on any atom is -0.386 e. The monoisotopic (exact) mass is 293 g/mol. The number of hydrogen-bond acceptors (Lipinski definition) is 5. The van der Waals surface area contributed by atoms with E-state index in [4.69, 9.17) is 0 Å². The fraction of sp³-hybridized carbons (Fsp3) is 0.286. The third kappa shape index (κ3) is 2.88. The van der Waals surface area contributed by atoms with Gasteiger partial charge in [0.2, 0.25) is 0 Å². The zero-order valence-corrected chi connectivity index (χ0v) is 12.6. The molecule has 2 rings (SSSR count). The summed E-state index contributed by atoms with van der Waals surface area (Å²) >= 11 is 3.08. The Labute approximate surface area is 120 Å². The third-order valence-electron chi connectivity index (χ3n) is 2.77. The molecule has 0 bridgehead atoms. The van der Waals surface area contributed by atoms with Crippen LogP contribution in [0.1, 0.15) is 29.8 Å². The van der Waals surface area contributed by atoms with Gasteiger partial charge in [0, 0.05) is 27.6 Å². The molecule has 0 aliphatic heterocycles. The van der Waals surface area contributed by atoms with Crippen molar-refractivity contribution in [3.8, 4) is 10.6 Å². The smallest absolute Gasteiger partial charge is 0.150 e. The molecule has 0 atom stereocenters. The van der Waals surface area contributed by atoms with Crippen molar-refractivity contribution in [2.75, 3.05) is 6.26 Å². The average Bonchev–Trinajstić information content (AvgIpc) is 2.89. The highest BCUT2D eigenvalue weighted by molar-refractivity contribution is 7.98. The molecule has 0 fully saturated rings. The van der Waals surface area contributed by atoms with Crippen LogP contribution in [0.3, 0.4) is 0 Å². The molecule has 0 saturated carbocycles. The quantitative estimate of drug-likeness (QED) is 0.691. The number of thiazole rings is 1. The van der Waals surface area contributed by atoms with E-state index in [1.807, 2.05) is 17.7 Å². The van der Waals surface area contributed by atoms with E-state index in [9.17, 15) is 9.90 Å². The van der Waals surface area contributed by atoms with Gasteiger partial charge < -0.3 is 5.11 Å². The Hall–Kier alpha value is -1.17.